The van der Waals surface area contributed by atoms with Crippen molar-refractivity contribution in [3.8, 4) is 0 Å². The van der Waals surface area contributed by atoms with Crippen molar-refractivity contribution in [2.45, 2.75) is 26.4 Å². The molecule has 0 unspecified atom stereocenters. The molecule has 0 saturated carbocycles. The zero-order valence-electron chi connectivity index (χ0n) is 11.4. The maximum absolute atomic E-state index is 12.0. The Bertz CT molecular complexity index is 725. The average molecular weight is 276 g/mol. The van der Waals surface area contributed by atoms with Crippen LogP contribution in [0.15, 0.2) is 34.5 Å². The lowest BCUT2D eigenvalue weighted by molar-refractivity contribution is 0.101. The second-order valence-corrected chi connectivity index (χ2v) is 4.59. The lowest BCUT2D eigenvalue weighted by Gasteiger charge is -2.09. The Balaban J connectivity index is 2.21. The van der Waals surface area contributed by atoms with E-state index in [2.05, 4.69) is 4.98 Å². The third-order valence-corrected chi connectivity index (χ3v) is 3.11. The van der Waals surface area contributed by atoms with Gasteiger partial charge in [0.1, 0.15) is 0 Å². The minimum Gasteiger partial charge on any atom is -0.337 e. The largest absolute Gasteiger partial charge is 0.337 e. The molecule has 0 aliphatic rings. The molecule has 7 nitrogen and oxygen atoms in total. The summed E-state index contributed by atoms with van der Waals surface area (Å²) in [4.78, 5) is 39.0. The zero-order chi connectivity index (χ0) is 14.7. The molecule has 0 aliphatic heterocycles. The highest BCUT2D eigenvalue weighted by Crippen LogP contribution is 1.96. The van der Waals surface area contributed by atoms with E-state index in [1.165, 1.54) is 24.7 Å². The van der Waals surface area contributed by atoms with Crippen LogP contribution in [0.25, 0.3) is 0 Å². The molecule has 0 aromatic carbocycles. The molecule has 0 N–H and O–H groups in total. The van der Waals surface area contributed by atoms with Gasteiger partial charge in [-0.15, -0.1) is 0 Å². The fraction of sp³-hybridized carbons (Fsp3) is 0.385. The van der Waals surface area contributed by atoms with Crippen molar-refractivity contribution in [2.24, 2.45) is 7.05 Å². The summed E-state index contributed by atoms with van der Waals surface area (Å²) >= 11 is 0. The monoisotopic (exact) mass is 276 g/mol. The van der Waals surface area contributed by atoms with E-state index >= 15 is 0 Å². The molecular formula is C13H16N4O3. The van der Waals surface area contributed by atoms with Gasteiger partial charge in [-0.25, -0.2) is 9.78 Å². The number of carbonyl (C=O) groups excluding carboxylic acids is 1. The number of Topliss-reactive ketones (excluding diaryl/α,β-unsaturated/α-hetero) is 1. The van der Waals surface area contributed by atoms with Crippen molar-refractivity contribution in [1.82, 2.24) is 18.7 Å². The molecule has 0 atom stereocenters. The van der Waals surface area contributed by atoms with Gasteiger partial charge in [0, 0.05) is 38.7 Å². The fourth-order valence-corrected chi connectivity index (χ4v) is 1.97. The SMILES string of the molecule is CC(=O)c1cn(CCCn2ccnc2)c(=O)n(C)c1=O. The molecule has 0 amide bonds. The van der Waals surface area contributed by atoms with E-state index < -0.39 is 11.2 Å². The summed E-state index contributed by atoms with van der Waals surface area (Å²) in [6, 6.07) is 0. The number of ketones is 1. The number of imidazole rings is 1. The Labute approximate surface area is 115 Å². The van der Waals surface area contributed by atoms with Crippen molar-refractivity contribution in [2.75, 3.05) is 0 Å². The van der Waals surface area contributed by atoms with Crippen molar-refractivity contribution in [1.29, 1.82) is 0 Å². The number of carbonyl (C=O) groups is 1. The predicted molar refractivity (Wildman–Crippen MR) is 72.8 cm³/mol. The van der Waals surface area contributed by atoms with E-state index in [0.717, 1.165) is 4.57 Å². The molecular weight excluding hydrogens is 260 g/mol. The van der Waals surface area contributed by atoms with Crippen LogP contribution in [-0.4, -0.2) is 24.5 Å². The van der Waals surface area contributed by atoms with Crippen LogP contribution in [0.3, 0.4) is 0 Å². The summed E-state index contributed by atoms with van der Waals surface area (Å²) in [6.45, 7) is 2.47. The minimum atomic E-state index is -0.548. The Kier molecular flexibility index (Phi) is 3.97. The molecule has 2 aromatic heterocycles. The van der Waals surface area contributed by atoms with Gasteiger partial charge in [-0.1, -0.05) is 0 Å². The van der Waals surface area contributed by atoms with E-state index in [-0.39, 0.29) is 11.3 Å². The summed E-state index contributed by atoms with van der Waals surface area (Å²) in [5.41, 5.74) is -0.922. The van der Waals surface area contributed by atoms with Gasteiger partial charge in [-0.3, -0.25) is 18.7 Å². The Morgan fingerprint density at radius 1 is 1.30 bits per heavy atom. The quantitative estimate of drug-likeness (QED) is 0.722. The first-order valence-electron chi connectivity index (χ1n) is 6.28. The zero-order valence-corrected chi connectivity index (χ0v) is 11.4. The molecule has 0 bridgehead atoms. The summed E-state index contributed by atoms with van der Waals surface area (Å²) in [7, 11) is 1.38. The average Bonchev–Trinajstić information content (AvgIpc) is 2.91. The van der Waals surface area contributed by atoms with Crippen molar-refractivity contribution in [3.63, 3.8) is 0 Å². The highest BCUT2D eigenvalue weighted by molar-refractivity contribution is 5.93. The van der Waals surface area contributed by atoms with Crippen LogP contribution in [0.2, 0.25) is 0 Å². The number of nitrogens with zero attached hydrogens (tertiary/aromatic N) is 4. The molecule has 2 heterocycles. The first-order valence-corrected chi connectivity index (χ1v) is 6.28. The van der Waals surface area contributed by atoms with Crippen LogP contribution in [0.5, 0.6) is 0 Å². The lowest BCUT2D eigenvalue weighted by atomic mass is 10.2. The van der Waals surface area contributed by atoms with Crippen LogP contribution < -0.4 is 11.2 Å². The second kappa shape index (κ2) is 5.68. The number of aromatic nitrogens is 4. The third kappa shape index (κ3) is 2.76. The second-order valence-electron chi connectivity index (χ2n) is 4.59. The maximum Gasteiger partial charge on any atom is 0.330 e. The van der Waals surface area contributed by atoms with Crippen molar-refractivity contribution < 1.29 is 4.79 Å². The first kappa shape index (κ1) is 14.0. The van der Waals surface area contributed by atoms with Gasteiger partial charge in [-0.05, 0) is 13.3 Å². The van der Waals surface area contributed by atoms with E-state index in [1.54, 1.807) is 12.5 Å². The summed E-state index contributed by atoms with van der Waals surface area (Å²) in [5.74, 6) is -0.339. The van der Waals surface area contributed by atoms with Gasteiger partial charge in [-0.2, -0.15) is 0 Å². The van der Waals surface area contributed by atoms with Crippen molar-refractivity contribution in [3.05, 3.63) is 51.3 Å². The van der Waals surface area contributed by atoms with Gasteiger partial charge in [0.15, 0.2) is 5.78 Å². The third-order valence-electron chi connectivity index (χ3n) is 3.11. The molecule has 0 radical (unpaired) electrons. The summed E-state index contributed by atoms with van der Waals surface area (Å²) in [5, 5.41) is 0. The number of hydrogen-bond donors (Lipinski definition) is 0. The molecule has 0 fully saturated rings. The highest BCUT2D eigenvalue weighted by Gasteiger charge is 2.11. The van der Waals surface area contributed by atoms with Gasteiger partial charge in [0.05, 0.1) is 11.9 Å². The van der Waals surface area contributed by atoms with E-state index in [9.17, 15) is 14.4 Å². The van der Waals surface area contributed by atoms with Crippen molar-refractivity contribution >= 4 is 5.78 Å². The molecule has 106 valence electrons. The first-order chi connectivity index (χ1) is 9.50. The number of hydrogen-bond acceptors (Lipinski definition) is 4. The number of rotatable bonds is 5. The Morgan fingerprint density at radius 2 is 2.05 bits per heavy atom. The highest BCUT2D eigenvalue weighted by atomic mass is 16.2. The standard InChI is InChI=1S/C13H16N4O3/c1-10(18)11-8-17(13(20)15(2)12(11)19)6-3-5-16-7-4-14-9-16/h4,7-9H,3,5-6H2,1-2H3. The van der Waals surface area contributed by atoms with Crippen LogP contribution in [0.1, 0.15) is 23.7 Å². The minimum absolute atomic E-state index is 0.0368. The molecule has 0 saturated heterocycles. The summed E-state index contributed by atoms with van der Waals surface area (Å²) < 4.78 is 4.27. The van der Waals surface area contributed by atoms with E-state index in [0.29, 0.717) is 19.5 Å². The molecule has 0 spiro atoms. The van der Waals surface area contributed by atoms with Gasteiger partial charge in [0.2, 0.25) is 0 Å². The topological polar surface area (TPSA) is 78.9 Å². The van der Waals surface area contributed by atoms with Crippen LogP contribution >= 0.6 is 0 Å². The van der Waals surface area contributed by atoms with Crippen LogP contribution in [-0.2, 0) is 20.1 Å². The van der Waals surface area contributed by atoms with Gasteiger partial charge in [0.25, 0.3) is 5.56 Å². The summed E-state index contributed by atoms with van der Waals surface area (Å²) in [6.07, 6.45) is 7.27. The molecule has 7 heteroatoms. The molecule has 0 aliphatic carbocycles. The van der Waals surface area contributed by atoms with E-state index in [4.69, 9.17) is 0 Å². The smallest absolute Gasteiger partial charge is 0.330 e. The van der Waals surface area contributed by atoms with Crippen LogP contribution in [0.4, 0.5) is 0 Å². The molecule has 20 heavy (non-hydrogen) atoms. The normalized spacial score (nSPS) is 10.7. The lowest BCUT2D eigenvalue weighted by Crippen LogP contribution is -2.40. The Morgan fingerprint density at radius 3 is 2.65 bits per heavy atom. The molecule has 2 rings (SSSR count). The fourth-order valence-electron chi connectivity index (χ4n) is 1.97. The Hall–Kier alpha value is -2.44. The predicted octanol–water partition coefficient (Wildman–Crippen LogP) is 0.0364. The molecule has 2 aromatic rings. The maximum atomic E-state index is 12.0. The van der Waals surface area contributed by atoms with Gasteiger partial charge >= 0.3 is 5.69 Å². The van der Waals surface area contributed by atoms with E-state index in [1.807, 2.05) is 10.8 Å². The number of aryl methyl sites for hydroxylation is 2. The van der Waals surface area contributed by atoms with Crippen LogP contribution in [0, 0.1) is 0 Å². The van der Waals surface area contributed by atoms with Gasteiger partial charge < -0.3 is 4.57 Å².